The fourth-order valence-corrected chi connectivity index (χ4v) is 7.31. The predicted molar refractivity (Wildman–Crippen MR) is 81.4 cm³/mol. The highest BCUT2D eigenvalue weighted by Crippen LogP contribution is 2.30. The topological polar surface area (TPSA) is 0 Å². The van der Waals surface area contributed by atoms with Crippen LogP contribution in [-0.4, -0.2) is 24.6 Å². The lowest BCUT2D eigenvalue weighted by atomic mass is 10.5. The average Bonchev–Trinajstić information content (AvgIpc) is 2.21. The summed E-state index contributed by atoms with van der Waals surface area (Å²) < 4.78 is 0. The molecule has 5 heteroatoms. The van der Waals surface area contributed by atoms with E-state index in [9.17, 15) is 0 Å². The van der Waals surface area contributed by atoms with Gasteiger partial charge in [0.15, 0.2) is 7.38 Å². The standard InChI is InChI=1S/C9H21ClS3Si/c10-14(7-1-4-11,8-2-5-12)9-3-6-13/h11-13H,1-9H2. The van der Waals surface area contributed by atoms with Gasteiger partial charge in [-0.15, -0.1) is 0 Å². The van der Waals surface area contributed by atoms with Crippen LogP contribution in [0.4, 0.5) is 0 Å². The zero-order valence-corrected chi connectivity index (χ0v) is 13.0. The van der Waals surface area contributed by atoms with Gasteiger partial charge < -0.3 is 0 Å². The first-order valence-corrected chi connectivity index (χ1v) is 10.7. The molecular weight excluding hydrogens is 268 g/mol. The van der Waals surface area contributed by atoms with E-state index in [0.29, 0.717) is 0 Å². The van der Waals surface area contributed by atoms with Crippen LogP contribution in [0.2, 0.25) is 18.1 Å². The second kappa shape index (κ2) is 9.76. The van der Waals surface area contributed by atoms with Gasteiger partial charge in [-0.3, -0.25) is 0 Å². The minimum Gasteiger partial charge on any atom is -0.179 e. The molecule has 0 spiro atoms. The van der Waals surface area contributed by atoms with Crippen molar-refractivity contribution in [3.8, 4) is 0 Å². The molecule has 0 nitrogen and oxygen atoms in total. The van der Waals surface area contributed by atoms with E-state index in [1.807, 2.05) is 0 Å². The summed E-state index contributed by atoms with van der Waals surface area (Å²) in [4.78, 5) is 0. The van der Waals surface area contributed by atoms with E-state index in [1.54, 1.807) is 0 Å². The number of thiol groups is 3. The highest BCUT2D eigenvalue weighted by molar-refractivity contribution is 7.80. The highest BCUT2D eigenvalue weighted by atomic mass is 35.6. The Hall–Kier alpha value is 1.56. The Morgan fingerprint density at radius 1 is 0.714 bits per heavy atom. The predicted octanol–water partition coefficient (Wildman–Crippen LogP) is 4.13. The molecule has 0 N–H and O–H groups in total. The van der Waals surface area contributed by atoms with Crippen molar-refractivity contribution in [2.24, 2.45) is 0 Å². The van der Waals surface area contributed by atoms with Crippen LogP contribution in [0.3, 0.4) is 0 Å². The third kappa shape index (κ3) is 7.80. The minimum absolute atomic E-state index is 0.962. The summed E-state index contributed by atoms with van der Waals surface area (Å²) in [6.07, 6.45) is 3.49. The van der Waals surface area contributed by atoms with E-state index in [1.165, 1.54) is 18.1 Å². The molecule has 0 saturated carbocycles. The van der Waals surface area contributed by atoms with Crippen molar-refractivity contribution < 1.29 is 0 Å². The molecule has 0 aromatic carbocycles. The molecule has 0 aliphatic rings. The lowest BCUT2D eigenvalue weighted by molar-refractivity contribution is 0.964. The van der Waals surface area contributed by atoms with Crippen molar-refractivity contribution in [2.75, 3.05) is 17.3 Å². The molecule has 86 valence electrons. The monoisotopic (exact) mass is 288 g/mol. The molecule has 0 fully saturated rings. The molecule has 0 rings (SSSR count). The van der Waals surface area contributed by atoms with Gasteiger partial charge >= 0.3 is 0 Å². The third-order valence-electron chi connectivity index (χ3n) is 2.35. The van der Waals surface area contributed by atoms with Gasteiger partial charge in [-0.2, -0.15) is 49.0 Å². The van der Waals surface area contributed by atoms with Gasteiger partial charge in [-0.05, 0) is 54.7 Å². The van der Waals surface area contributed by atoms with Gasteiger partial charge in [0.25, 0.3) is 0 Å². The molecule has 0 heterocycles. The summed E-state index contributed by atoms with van der Waals surface area (Å²) in [5.41, 5.74) is 0. The van der Waals surface area contributed by atoms with E-state index >= 15 is 0 Å². The maximum absolute atomic E-state index is 6.71. The van der Waals surface area contributed by atoms with Gasteiger partial charge in [0.2, 0.25) is 0 Å². The van der Waals surface area contributed by atoms with Crippen LogP contribution in [0, 0.1) is 0 Å². The number of hydrogen-bond acceptors (Lipinski definition) is 3. The van der Waals surface area contributed by atoms with Crippen LogP contribution in [0.25, 0.3) is 0 Å². The molecule has 0 radical (unpaired) electrons. The second-order valence-corrected chi connectivity index (χ2v) is 11.2. The average molecular weight is 289 g/mol. The summed E-state index contributed by atoms with van der Waals surface area (Å²) in [5, 5.41) is 0. The molecule has 14 heavy (non-hydrogen) atoms. The molecule has 0 atom stereocenters. The quantitative estimate of drug-likeness (QED) is 0.317. The fourth-order valence-electron chi connectivity index (χ4n) is 1.56. The third-order valence-corrected chi connectivity index (χ3v) is 8.75. The van der Waals surface area contributed by atoms with Gasteiger partial charge in [0.05, 0.1) is 0 Å². The summed E-state index contributed by atoms with van der Waals surface area (Å²) in [7, 11) is -1.49. The SMILES string of the molecule is SCCC[Si](Cl)(CCCS)CCCS. The number of hydrogen-bond donors (Lipinski definition) is 3. The zero-order valence-electron chi connectivity index (χ0n) is 8.58. The van der Waals surface area contributed by atoms with Gasteiger partial charge in [0.1, 0.15) is 0 Å². The molecule has 0 amide bonds. The van der Waals surface area contributed by atoms with Gasteiger partial charge in [0, 0.05) is 0 Å². The van der Waals surface area contributed by atoms with Crippen LogP contribution in [0.15, 0.2) is 0 Å². The number of halogens is 1. The van der Waals surface area contributed by atoms with E-state index in [0.717, 1.165) is 36.5 Å². The first kappa shape index (κ1) is 15.6. The molecule has 0 aromatic heterocycles. The van der Waals surface area contributed by atoms with Crippen molar-refractivity contribution in [3.05, 3.63) is 0 Å². The Bertz CT molecular complexity index is 113. The Morgan fingerprint density at radius 2 is 1.00 bits per heavy atom. The minimum atomic E-state index is -1.49. The van der Waals surface area contributed by atoms with E-state index < -0.39 is 7.38 Å². The Balaban J connectivity index is 3.89. The summed E-state index contributed by atoms with van der Waals surface area (Å²) in [6, 6.07) is 3.62. The first-order valence-electron chi connectivity index (χ1n) is 5.20. The maximum Gasteiger partial charge on any atom is 0.156 e. The lowest BCUT2D eigenvalue weighted by Crippen LogP contribution is -2.27. The van der Waals surface area contributed by atoms with E-state index in [2.05, 4.69) is 37.9 Å². The molecule has 0 aliphatic carbocycles. The normalized spacial score (nSPS) is 12.0. The smallest absolute Gasteiger partial charge is 0.156 e. The van der Waals surface area contributed by atoms with Crippen LogP contribution < -0.4 is 0 Å². The van der Waals surface area contributed by atoms with Crippen molar-refractivity contribution >= 4 is 56.3 Å². The zero-order chi connectivity index (χ0) is 10.9. The van der Waals surface area contributed by atoms with Crippen molar-refractivity contribution in [1.29, 1.82) is 0 Å². The van der Waals surface area contributed by atoms with Gasteiger partial charge in [-0.1, -0.05) is 0 Å². The van der Waals surface area contributed by atoms with E-state index in [-0.39, 0.29) is 0 Å². The van der Waals surface area contributed by atoms with Crippen LogP contribution in [-0.2, 0) is 0 Å². The van der Waals surface area contributed by atoms with Gasteiger partial charge in [-0.25, -0.2) is 0 Å². The largest absolute Gasteiger partial charge is 0.179 e. The molecule has 0 bridgehead atoms. The molecule has 0 unspecified atom stereocenters. The fraction of sp³-hybridized carbons (Fsp3) is 1.00. The Morgan fingerprint density at radius 3 is 1.21 bits per heavy atom. The Kier molecular flexibility index (Phi) is 10.8. The summed E-state index contributed by atoms with van der Waals surface area (Å²) in [6.45, 7) is 0. The molecule has 0 saturated heterocycles. The molecule has 0 aromatic rings. The second-order valence-electron chi connectivity index (χ2n) is 3.63. The maximum atomic E-state index is 6.71. The molecule has 0 aliphatic heterocycles. The molecular formula is C9H21ClS3Si. The van der Waals surface area contributed by atoms with Crippen molar-refractivity contribution in [3.63, 3.8) is 0 Å². The summed E-state index contributed by atoms with van der Waals surface area (Å²) in [5.74, 6) is 2.88. The first-order chi connectivity index (χ1) is 6.68. The van der Waals surface area contributed by atoms with Crippen molar-refractivity contribution in [1.82, 2.24) is 0 Å². The van der Waals surface area contributed by atoms with Crippen molar-refractivity contribution in [2.45, 2.75) is 37.4 Å². The highest BCUT2D eigenvalue weighted by Gasteiger charge is 2.28. The summed E-state index contributed by atoms with van der Waals surface area (Å²) >= 11 is 19.5. The van der Waals surface area contributed by atoms with Crippen LogP contribution >= 0.6 is 49.0 Å². The van der Waals surface area contributed by atoms with Crippen LogP contribution in [0.5, 0.6) is 0 Å². The van der Waals surface area contributed by atoms with E-state index in [4.69, 9.17) is 11.1 Å². The van der Waals surface area contributed by atoms with Crippen LogP contribution in [0.1, 0.15) is 19.3 Å². The number of rotatable bonds is 9. The lowest BCUT2D eigenvalue weighted by Gasteiger charge is -2.23. The Labute approximate surface area is 111 Å².